The molecule has 1 atom stereocenters. The molecule has 0 aliphatic carbocycles. The fraction of sp³-hybridized carbons (Fsp3) is 0.250. The van der Waals surface area contributed by atoms with Gasteiger partial charge in [-0.3, -0.25) is 4.79 Å². The fourth-order valence-corrected chi connectivity index (χ4v) is 4.66. The normalized spacial score (nSPS) is 12.7. The van der Waals surface area contributed by atoms with Crippen molar-refractivity contribution in [1.29, 1.82) is 0 Å². The average molecular weight is 372 g/mol. The number of hydrogen-bond donors (Lipinski definition) is 2. The molecule has 3 nitrogen and oxygen atoms in total. The Morgan fingerprint density at radius 1 is 1.04 bits per heavy atom. The molecule has 0 aliphatic rings. The van der Waals surface area contributed by atoms with Crippen molar-refractivity contribution < 1.29 is 9.90 Å². The van der Waals surface area contributed by atoms with Crippen molar-refractivity contribution in [3.63, 3.8) is 0 Å². The number of thiophene rings is 2. The van der Waals surface area contributed by atoms with Crippen molar-refractivity contribution in [2.24, 2.45) is 0 Å². The highest BCUT2D eigenvalue weighted by Gasteiger charge is 2.35. The maximum Gasteiger partial charge on any atom is 0.227 e. The zero-order valence-electron chi connectivity index (χ0n) is 14.0. The first-order chi connectivity index (χ1) is 12.1. The molecule has 2 aromatic heterocycles. The minimum atomic E-state index is -1.19. The molecular formula is C20H21NO2S2. The predicted molar refractivity (Wildman–Crippen MR) is 104 cm³/mol. The summed E-state index contributed by atoms with van der Waals surface area (Å²) in [6.45, 7) is 2.16. The van der Waals surface area contributed by atoms with Crippen LogP contribution in [0, 0.1) is 0 Å². The topological polar surface area (TPSA) is 49.3 Å². The van der Waals surface area contributed by atoms with Gasteiger partial charge in [0.05, 0.1) is 12.5 Å². The number of rotatable bonds is 7. The molecule has 0 radical (unpaired) electrons. The lowest BCUT2D eigenvalue weighted by Crippen LogP contribution is -2.42. The zero-order chi connectivity index (χ0) is 17.7. The van der Waals surface area contributed by atoms with Gasteiger partial charge in [-0.1, -0.05) is 49.4 Å². The Morgan fingerprint density at radius 2 is 1.64 bits per heavy atom. The number of carbonyl (C=O) groups excluding carboxylic acids is 1. The number of aliphatic hydroxyl groups is 1. The van der Waals surface area contributed by atoms with Gasteiger partial charge in [-0.25, -0.2) is 0 Å². The van der Waals surface area contributed by atoms with E-state index in [-0.39, 0.29) is 18.4 Å². The summed E-state index contributed by atoms with van der Waals surface area (Å²) < 4.78 is 0. The highest BCUT2D eigenvalue weighted by atomic mass is 32.1. The molecule has 1 amide bonds. The van der Waals surface area contributed by atoms with E-state index in [1.54, 1.807) is 0 Å². The molecule has 3 aromatic rings. The molecule has 0 bridgehead atoms. The van der Waals surface area contributed by atoms with Crippen LogP contribution in [0.5, 0.6) is 0 Å². The van der Waals surface area contributed by atoms with Crippen molar-refractivity contribution in [1.82, 2.24) is 5.32 Å². The molecule has 0 aliphatic heterocycles. The predicted octanol–water partition coefficient (Wildman–Crippen LogP) is 4.36. The van der Waals surface area contributed by atoms with Crippen molar-refractivity contribution in [3.05, 3.63) is 80.7 Å². The number of carbonyl (C=O) groups is 1. The van der Waals surface area contributed by atoms with Crippen LogP contribution in [0.15, 0.2) is 65.4 Å². The van der Waals surface area contributed by atoms with Crippen molar-refractivity contribution in [2.75, 3.05) is 6.54 Å². The Hall–Kier alpha value is -1.95. The van der Waals surface area contributed by atoms with Gasteiger partial charge in [0.25, 0.3) is 0 Å². The Kier molecular flexibility index (Phi) is 5.68. The highest BCUT2D eigenvalue weighted by Crippen LogP contribution is 2.35. The number of amides is 1. The average Bonchev–Trinajstić information content (AvgIpc) is 3.35. The molecule has 0 spiro atoms. The lowest BCUT2D eigenvalue weighted by molar-refractivity contribution is -0.123. The standard InChI is InChI=1S/C20H21NO2S2/c1-2-16(15-8-4-3-5-9-15)19(22)21-14-20(23,17-10-6-12-24-17)18-11-7-13-25-18/h3-13,16,23H,2,14H2,1H3,(H,21,22)/t16-/m0/s1. The SMILES string of the molecule is CC[C@H](C(=O)NCC(O)(c1cccs1)c1cccs1)c1ccccc1. The van der Waals surface area contributed by atoms with E-state index in [0.29, 0.717) is 6.42 Å². The van der Waals surface area contributed by atoms with Crippen molar-refractivity contribution in [2.45, 2.75) is 24.9 Å². The van der Waals surface area contributed by atoms with E-state index in [0.717, 1.165) is 15.3 Å². The minimum absolute atomic E-state index is 0.0553. The van der Waals surface area contributed by atoms with Gasteiger partial charge in [0.2, 0.25) is 5.91 Å². The summed E-state index contributed by atoms with van der Waals surface area (Å²) in [5.74, 6) is -0.266. The molecular weight excluding hydrogens is 350 g/mol. The van der Waals surface area contributed by atoms with Crippen LogP contribution in [0.1, 0.15) is 34.6 Å². The molecule has 5 heteroatoms. The third-order valence-corrected chi connectivity index (χ3v) is 6.34. The lowest BCUT2D eigenvalue weighted by Gasteiger charge is -2.27. The molecule has 1 aromatic carbocycles. The summed E-state index contributed by atoms with van der Waals surface area (Å²) in [6, 6.07) is 17.4. The van der Waals surface area contributed by atoms with E-state index in [4.69, 9.17) is 0 Å². The van der Waals surface area contributed by atoms with Gasteiger partial charge in [-0.05, 0) is 34.9 Å². The quantitative estimate of drug-likeness (QED) is 0.648. The summed E-state index contributed by atoms with van der Waals surface area (Å²) in [5.41, 5.74) is -0.189. The maximum absolute atomic E-state index is 12.7. The molecule has 130 valence electrons. The van der Waals surface area contributed by atoms with Crippen LogP contribution in [0.4, 0.5) is 0 Å². The van der Waals surface area contributed by atoms with Crippen LogP contribution < -0.4 is 5.32 Å². The Balaban J connectivity index is 1.79. The van der Waals surface area contributed by atoms with Crippen LogP contribution in [0.25, 0.3) is 0 Å². The fourth-order valence-electron chi connectivity index (χ4n) is 2.92. The van der Waals surface area contributed by atoms with Crippen molar-refractivity contribution >= 4 is 28.6 Å². The largest absolute Gasteiger partial charge is 0.377 e. The summed E-state index contributed by atoms with van der Waals surface area (Å²) in [6.07, 6.45) is 0.715. The Morgan fingerprint density at radius 3 is 2.12 bits per heavy atom. The van der Waals surface area contributed by atoms with Crippen LogP contribution in [-0.2, 0) is 10.4 Å². The number of benzene rings is 1. The second kappa shape index (κ2) is 7.95. The molecule has 0 saturated heterocycles. The second-order valence-electron chi connectivity index (χ2n) is 5.90. The van der Waals surface area contributed by atoms with E-state index >= 15 is 0 Å². The Bertz CT molecular complexity index is 748. The van der Waals surface area contributed by atoms with E-state index in [1.807, 2.05) is 72.3 Å². The molecule has 0 unspecified atom stereocenters. The van der Waals surface area contributed by atoms with Gasteiger partial charge in [-0.15, -0.1) is 22.7 Å². The number of nitrogens with one attached hydrogen (secondary N) is 1. The lowest BCUT2D eigenvalue weighted by atomic mass is 9.94. The van der Waals surface area contributed by atoms with E-state index in [1.165, 1.54) is 22.7 Å². The molecule has 3 rings (SSSR count). The van der Waals surface area contributed by atoms with Gasteiger partial charge < -0.3 is 10.4 Å². The van der Waals surface area contributed by atoms with Crippen LogP contribution in [0.2, 0.25) is 0 Å². The monoisotopic (exact) mass is 371 g/mol. The zero-order valence-corrected chi connectivity index (χ0v) is 15.6. The minimum Gasteiger partial charge on any atom is -0.377 e. The molecule has 0 fully saturated rings. The van der Waals surface area contributed by atoms with Crippen LogP contribution in [0.3, 0.4) is 0 Å². The van der Waals surface area contributed by atoms with E-state index < -0.39 is 5.60 Å². The van der Waals surface area contributed by atoms with Crippen LogP contribution >= 0.6 is 22.7 Å². The summed E-state index contributed by atoms with van der Waals surface area (Å²) in [5, 5.41) is 18.2. The number of hydrogen-bond acceptors (Lipinski definition) is 4. The van der Waals surface area contributed by atoms with Gasteiger partial charge in [0.15, 0.2) is 0 Å². The summed E-state index contributed by atoms with van der Waals surface area (Å²) >= 11 is 2.99. The smallest absolute Gasteiger partial charge is 0.227 e. The van der Waals surface area contributed by atoms with Crippen LogP contribution in [-0.4, -0.2) is 17.6 Å². The van der Waals surface area contributed by atoms with E-state index in [2.05, 4.69) is 5.32 Å². The van der Waals surface area contributed by atoms with Crippen molar-refractivity contribution in [3.8, 4) is 0 Å². The van der Waals surface area contributed by atoms with Gasteiger partial charge >= 0.3 is 0 Å². The van der Waals surface area contributed by atoms with E-state index in [9.17, 15) is 9.90 Å². The van der Waals surface area contributed by atoms with Gasteiger partial charge in [0, 0.05) is 9.75 Å². The third kappa shape index (κ3) is 3.84. The second-order valence-corrected chi connectivity index (χ2v) is 7.80. The molecule has 2 N–H and O–H groups in total. The molecule has 25 heavy (non-hydrogen) atoms. The summed E-state index contributed by atoms with van der Waals surface area (Å²) in [7, 11) is 0. The first-order valence-electron chi connectivity index (χ1n) is 8.28. The third-order valence-electron chi connectivity index (χ3n) is 4.30. The van der Waals surface area contributed by atoms with Gasteiger partial charge in [0.1, 0.15) is 5.60 Å². The molecule has 2 heterocycles. The van der Waals surface area contributed by atoms with Gasteiger partial charge in [-0.2, -0.15) is 0 Å². The first-order valence-corrected chi connectivity index (χ1v) is 10.0. The summed E-state index contributed by atoms with van der Waals surface area (Å²) in [4.78, 5) is 14.4. The Labute approximate surface area is 156 Å². The molecule has 0 saturated carbocycles. The highest BCUT2D eigenvalue weighted by molar-refractivity contribution is 7.11. The first kappa shape index (κ1) is 17.9. The maximum atomic E-state index is 12.7.